The highest BCUT2D eigenvalue weighted by atomic mass is 32.1. The zero-order chi connectivity index (χ0) is 7.94. The van der Waals surface area contributed by atoms with E-state index < -0.39 is 0 Å². The van der Waals surface area contributed by atoms with E-state index in [-0.39, 0.29) is 0 Å². The first-order valence-electron chi connectivity index (χ1n) is 3.42. The molecule has 0 fully saturated rings. The second kappa shape index (κ2) is 5.03. The van der Waals surface area contributed by atoms with Crippen LogP contribution in [0.1, 0.15) is 6.42 Å². The molecule has 1 aromatic heterocycles. The van der Waals surface area contributed by atoms with Crippen LogP contribution in [0.2, 0.25) is 0 Å². The fourth-order valence-corrected chi connectivity index (χ4v) is 1.07. The van der Waals surface area contributed by atoms with Crippen molar-refractivity contribution >= 4 is 17.5 Å². The third-order valence-electron chi connectivity index (χ3n) is 1.17. The van der Waals surface area contributed by atoms with E-state index in [1.54, 1.807) is 12.6 Å². The summed E-state index contributed by atoms with van der Waals surface area (Å²) in [5.41, 5.74) is 1.71. The standard InChI is InChI=1S/C6H11N3OS/c1-10-4-2-3-7-6-8-5-11-9-6/h5H,2-4H2,1H3,(H,7,9). The molecule has 0 atom stereocenters. The molecule has 0 bridgehead atoms. The van der Waals surface area contributed by atoms with E-state index >= 15 is 0 Å². The summed E-state index contributed by atoms with van der Waals surface area (Å²) in [6.45, 7) is 1.64. The molecule has 0 spiro atoms. The van der Waals surface area contributed by atoms with Gasteiger partial charge in [0.25, 0.3) is 0 Å². The quantitative estimate of drug-likeness (QED) is 0.674. The van der Waals surface area contributed by atoms with Crippen molar-refractivity contribution in [3.63, 3.8) is 0 Å². The van der Waals surface area contributed by atoms with E-state index in [1.807, 2.05) is 0 Å². The zero-order valence-electron chi connectivity index (χ0n) is 6.41. The number of ether oxygens (including phenoxy) is 1. The van der Waals surface area contributed by atoms with Gasteiger partial charge in [0.15, 0.2) is 0 Å². The predicted octanol–water partition coefficient (Wildman–Crippen LogP) is 0.986. The normalized spacial score (nSPS) is 9.91. The van der Waals surface area contributed by atoms with E-state index in [9.17, 15) is 0 Å². The van der Waals surface area contributed by atoms with Gasteiger partial charge in [0.05, 0.1) is 0 Å². The van der Waals surface area contributed by atoms with Gasteiger partial charge in [0.1, 0.15) is 5.51 Å². The fraction of sp³-hybridized carbons (Fsp3) is 0.667. The minimum atomic E-state index is 0.714. The van der Waals surface area contributed by atoms with Crippen molar-refractivity contribution in [3.05, 3.63) is 5.51 Å². The van der Waals surface area contributed by atoms with Gasteiger partial charge in [0, 0.05) is 20.3 Å². The SMILES string of the molecule is COCCCNc1ncsn1. The Bertz CT molecular complexity index is 178. The number of rotatable bonds is 5. The van der Waals surface area contributed by atoms with Crippen molar-refractivity contribution in [1.29, 1.82) is 0 Å². The molecule has 0 saturated carbocycles. The van der Waals surface area contributed by atoms with Crippen LogP contribution in [0.5, 0.6) is 0 Å². The average molecular weight is 173 g/mol. The van der Waals surface area contributed by atoms with Gasteiger partial charge in [-0.3, -0.25) is 0 Å². The van der Waals surface area contributed by atoms with Gasteiger partial charge in [-0.1, -0.05) is 0 Å². The molecule has 4 nitrogen and oxygen atoms in total. The highest BCUT2D eigenvalue weighted by molar-refractivity contribution is 7.03. The van der Waals surface area contributed by atoms with Gasteiger partial charge in [-0.25, -0.2) is 4.98 Å². The van der Waals surface area contributed by atoms with Gasteiger partial charge < -0.3 is 10.1 Å². The number of anilines is 1. The summed E-state index contributed by atoms with van der Waals surface area (Å²) in [5, 5.41) is 3.07. The summed E-state index contributed by atoms with van der Waals surface area (Å²) in [7, 11) is 1.70. The summed E-state index contributed by atoms with van der Waals surface area (Å²) in [5.74, 6) is 0.714. The average Bonchev–Trinajstić information content (AvgIpc) is 2.50. The molecule has 0 radical (unpaired) electrons. The Balaban J connectivity index is 2.04. The van der Waals surface area contributed by atoms with E-state index in [4.69, 9.17) is 4.74 Å². The van der Waals surface area contributed by atoms with Crippen LogP contribution in [0.4, 0.5) is 5.95 Å². The lowest BCUT2D eigenvalue weighted by Crippen LogP contribution is -2.05. The highest BCUT2D eigenvalue weighted by Gasteiger charge is 1.92. The van der Waals surface area contributed by atoms with Gasteiger partial charge in [-0.15, -0.1) is 0 Å². The maximum absolute atomic E-state index is 4.88. The second-order valence-electron chi connectivity index (χ2n) is 2.03. The van der Waals surface area contributed by atoms with E-state index in [2.05, 4.69) is 14.7 Å². The van der Waals surface area contributed by atoms with Gasteiger partial charge >= 0.3 is 0 Å². The smallest absolute Gasteiger partial charge is 0.234 e. The number of methoxy groups -OCH3 is 1. The summed E-state index contributed by atoms with van der Waals surface area (Å²) < 4.78 is 8.88. The van der Waals surface area contributed by atoms with Crippen LogP contribution in [0.25, 0.3) is 0 Å². The molecule has 0 amide bonds. The molecular weight excluding hydrogens is 162 g/mol. The first kappa shape index (κ1) is 8.42. The third-order valence-corrected chi connectivity index (χ3v) is 1.65. The van der Waals surface area contributed by atoms with Crippen molar-refractivity contribution < 1.29 is 4.74 Å². The Kier molecular flexibility index (Phi) is 3.85. The molecule has 11 heavy (non-hydrogen) atoms. The lowest BCUT2D eigenvalue weighted by molar-refractivity contribution is 0.197. The minimum absolute atomic E-state index is 0.714. The molecule has 0 aliphatic carbocycles. The topological polar surface area (TPSA) is 47.0 Å². The van der Waals surface area contributed by atoms with Crippen LogP contribution in [0.15, 0.2) is 5.51 Å². The molecule has 0 aliphatic rings. The minimum Gasteiger partial charge on any atom is -0.385 e. The Labute approximate surface area is 69.8 Å². The van der Waals surface area contributed by atoms with Gasteiger partial charge in [0.2, 0.25) is 5.95 Å². The van der Waals surface area contributed by atoms with E-state index in [0.29, 0.717) is 5.95 Å². The molecule has 0 unspecified atom stereocenters. The molecule has 1 N–H and O–H groups in total. The first-order chi connectivity index (χ1) is 5.43. The van der Waals surface area contributed by atoms with Crippen molar-refractivity contribution in [2.75, 3.05) is 25.6 Å². The number of nitrogens with zero attached hydrogens (tertiary/aromatic N) is 2. The number of hydrogen-bond acceptors (Lipinski definition) is 5. The molecule has 1 rings (SSSR count). The molecule has 1 aromatic rings. The van der Waals surface area contributed by atoms with Crippen LogP contribution in [-0.4, -0.2) is 29.6 Å². The maximum Gasteiger partial charge on any atom is 0.234 e. The number of nitrogens with one attached hydrogen (secondary N) is 1. The summed E-state index contributed by atoms with van der Waals surface area (Å²) in [6.07, 6.45) is 0.982. The lowest BCUT2D eigenvalue weighted by atomic mass is 10.4. The zero-order valence-corrected chi connectivity index (χ0v) is 7.23. The molecule has 5 heteroatoms. The molecule has 1 heterocycles. The first-order valence-corrected chi connectivity index (χ1v) is 4.26. The lowest BCUT2D eigenvalue weighted by Gasteiger charge is -1.99. The van der Waals surface area contributed by atoms with Crippen LogP contribution in [-0.2, 0) is 4.74 Å². The monoisotopic (exact) mass is 173 g/mol. The summed E-state index contributed by atoms with van der Waals surface area (Å²) in [4.78, 5) is 3.97. The largest absolute Gasteiger partial charge is 0.385 e. The maximum atomic E-state index is 4.88. The van der Waals surface area contributed by atoms with Crippen molar-refractivity contribution in [3.8, 4) is 0 Å². The van der Waals surface area contributed by atoms with Crippen LogP contribution >= 0.6 is 11.5 Å². The van der Waals surface area contributed by atoms with Gasteiger partial charge in [-0.2, -0.15) is 4.37 Å². The Morgan fingerprint density at radius 1 is 1.73 bits per heavy atom. The second-order valence-corrected chi connectivity index (χ2v) is 2.63. The molecular formula is C6H11N3OS. The predicted molar refractivity (Wildman–Crippen MR) is 44.9 cm³/mol. The highest BCUT2D eigenvalue weighted by Crippen LogP contribution is 1.98. The number of hydrogen-bond donors (Lipinski definition) is 1. The summed E-state index contributed by atoms with van der Waals surface area (Å²) >= 11 is 1.35. The Morgan fingerprint density at radius 2 is 2.64 bits per heavy atom. The Hall–Kier alpha value is -0.680. The van der Waals surface area contributed by atoms with E-state index in [0.717, 1.165) is 19.6 Å². The molecule has 0 aromatic carbocycles. The molecule has 0 aliphatic heterocycles. The van der Waals surface area contributed by atoms with Crippen molar-refractivity contribution in [1.82, 2.24) is 9.36 Å². The molecule has 0 saturated heterocycles. The number of aromatic nitrogens is 2. The fourth-order valence-electron chi connectivity index (χ4n) is 0.665. The van der Waals surface area contributed by atoms with Crippen LogP contribution in [0.3, 0.4) is 0 Å². The van der Waals surface area contributed by atoms with Gasteiger partial charge in [-0.05, 0) is 18.0 Å². The van der Waals surface area contributed by atoms with Crippen LogP contribution < -0.4 is 5.32 Å². The van der Waals surface area contributed by atoms with E-state index in [1.165, 1.54) is 11.5 Å². The van der Waals surface area contributed by atoms with Crippen LogP contribution in [0, 0.1) is 0 Å². The Morgan fingerprint density at radius 3 is 3.27 bits per heavy atom. The third kappa shape index (κ3) is 3.29. The van der Waals surface area contributed by atoms with Crippen molar-refractivity contribution in [2.45, 2.75) is 6.42 Å². The summed E-state index contributed by atoms with van der Waals surface area (Å²) in [6, 6.07) is 0. The van der Waals surface area contributed by atoms with Crippen molar-refractivity contribution in [2.24, 2.45) is 0 Å². The molecule has 62 valence electrons.